The number of hydrogen-bond acceptors (Lipinski definition) is 4. The lowest BCUT2D eigenvalue weighted by atomic mass is 9.92. The van der Waals surface area contributed by atoms with Gasteiger partial charge in [-0.25, -0.2) is 15.0 Å². The zero-order valence-electron chi connectivity index (χ0n) is 28.5. The lowest BCUT2D eigenvalue weighted by Crippen LogP contribution is -1.96. The molecule has 0 aliphatic carbocycles. The summed E-state index contributed by atoms with van der Waals surface area (Å²) in [6.07, 6.45) is 0. The Hall–Kier alpha value is -7.17. The lowest BCUT2D eigenvalue weighted by molar-refractivity contribution is 0.672. The van der Waals surface area contributed by atoms with Crippen LogP contribution in [0.15, 0.2) is 180 Å². The van der Waals surface area contributed by atoms with Gasteiger partial charge >= 0.3 is 0 Å². The Kier molecular flexibility index (Phi) is 6.52. The molecular weight excluding hydrogens is 647 g/mol. The van der Waals surface area contributed by atoms with Crippen LogP contribution in [0.5, 0.6) is 0 Å². The van der Waals surface area contributed by atoms with Crippen LogP contribution in [-0.4, -0.2) is 15.0 Å². The van der Waals surface area contributed by atoms with Crippen molar-refractivity contribution in [1.82, 2.24) is 15.0 Å². The third-order valence-electron chi connectivity index (χ3n) is 10.4. The third-order valence-corrected chi connectivity index (χ3v) is 10.4. The smallest absolute Gasteiger partial charge is 0.160 e. The highest BCUT2D eigenvalue weighted by Gasteiger charge is 2.20. The summed E-state index contributed by atoms with van der Waals surface area (Å²) in [5, 5.41) is 10.4. The van der Waals surface area contributed by atoms with Crippen LogP contribution in [0.4, 0.5) is 0 Å². The van der Waals surface area contributed by atoms with Gasteiger partial charge in [-0.15, -0.1) is 0 Å². The first-order valence-electron chi connectivity index (χ1n) is 17.9. The third kappa shape index (κ3) is 4.73. The average Bonchev–Trinajstić information content (AvgIpc) is 3.64. The monoisotopic (exact) mass is 675 g/mol. The van der Waals surface area contributed by atoms with Crippen molar-refractivity contribution in [2.75, 3.05) is 0 Å². The van der Waals surface area contributed by atoms with Gasteiger partial charge in [0, 0.05) is 33.0 Å². The highest BCUT2D eigenvalue weighted by atomic mass is 16.3. The van der Waals surface area contributed by atoms with Gasteiger partial charge in [0.15, 0.2) is 5.82 Å². The van der Waals surface area contributed by atoms with E-state index in [1.54, 1.807) is 0 Å². The van der Waals surface area contributed by atoms with Gasteiger partial charge in [-0.3, -0.25) is 0 Å². The van der Waals surface area contributed by atoms with Gasteiger partial charge in [0.05, 0.1) is 28.0 Å². The number of aromatic nitrogens is 3. The van der Waals surface area contributed by atoms with Crippen LogP contribution in [0.2, 0.25) is 0 Å². The van der Waals surface area contributed by atoms with E-state index in [1.165, 1.54) is 32.3 Å². The van der Waals surface area contributed by atoms with Gasteiger partial charge in [0.2, 0.25) is 0 Å². The van der Waals surface area contributed by atoms with Crippen molar-refractivity contribution in [1.29, 1.82) is 0 Å². The molecule has 0 saturated carbocycles. The Labute approximate surface area is 304 Å². The Morgan fingerprint density at radius 3 is 1.49 bits per heavy atom. The molecule has 0 saturated heterocycles. The first-order valence-corrected chi connectivity index (χ1v) is 17.9. The lowest BCUT2D eigenvalue weighted by Gasteiger charge is -2.13. The SMILES string of the molecule is c1ccc(-c2cc(-c3ccccc3)nc(-c3ccc4c(c3)nc(-c3ccc5c6ccccc6c6ccccc6c5c3)c3c5ccccc5oc43)n2)cc1. The maximum Gasteiger partial charge on any atom is 0.160 e. The highest BCUT2D eigenvalue weighted by molar-refractivity contribution is 6.26. The molecule has 0 fully saturated rings. The number of nitrogens with zero attached hydrogens (tertiary/aromatic N) is 3. The fraction of sp³-hybridized carbons (Fsp3) is 0. The summed E-state index contributed by atoms with van der Waals surface area (Å²) in [4.78, 5) is 15.7. The second-order valence-corrected chi connectivity index (χ2v) is 13.5. The summed E-state index contributed by atoms with van der Waals surface area (Å²) in [5.74, 6) is 0.643. The minimum atomic E-state index is 0.643. The fourth-order valence-corrected chi connectivity index (χ4v) is 7.96. The van der Waals surface area contributed by atoms with Gasteiger partial charge in [-0.2, -0.15) is 0 Å². The first kappa shape index (κ1) is 29.5. The summed E-state index contributed by atoms with van der Waals surface area (Å²) in [6, 6.07) is 61.3. The summed E-state index contributed by atoms with van der Waals surface area (Å²) in [6.45, 7) is 0. The number of fused-ring (bicyclic) bond motifs is 11. The molecule has 0 aliphatic heterocycles. The number of rotatable bonds is 4. The van der Waals surface area contributed by atoms with E-state index in [4.69, 9.17) is 19.4 Å². The summed E-state index contributed by atoms with van der Waals surface area (Å²) in [5.41, 5.74) is 9.10. The van der Waals surface area contributed by atoms with Crippen LogP contribution >= 0.6 is 0 Å². The molecule has 0 bridgehead atoms. The van der Waals surface area contributed by atoms with Crippen LogP contribution in [-0.2, 0) is 0 Å². The summed E-state index contributed by atoms with van der Waals surface area (Å²) < 4.78 is 6.67. The van der Waals surface area contributed by atoms with Gasteiger partial charge in [0.25, 0.3) is 0 Å². The zero-order valence-corrected chi connectivity index (χ0v) is 28.5. The average molecular weight is 676 g/mol. The Bertz CT molecular complexity index is 3130. The molecule has 11 aromatic rings. The van der Waals surface area contributed by atoms with Crippen molar-refractivity contribution in [3.05, 3.63) is 176 Å². The van der Waals surface area contributed by atoms with Crippen LogP contribution in [0.3, 0.4) is 0 Å². The van der Waals surface area contributed by atoms with E-state index in [9.17, 15) is 0 Å². The van der Waals surface area contributed by atoms with Crippen LogP contribution in [0.1, 0.15) is 0 Å². The van der Waals surface area contributed by atoms with Crippen LogP contribution in [0.25, 0.3) is 110 Å². The largest absolute Gasteiger partial charge is 0.455 e. The van der Waals surface area contributed by atoms with Crippen LogP contribution < -0.4 is 0 Å². The van der Waals surface area contributed by atoms with E-state index in [0.717, 1.165) is 72.2 Å². The number of benzene rings is 8. The Balaban J connectivity index is 1.17. The molecule has 0 N–H and O–H groups in total. The van der Waals surface area contributed by atoms with Crippen molar-refractivity contribution in [3.8, 4) is 45.2 Å². The fourth-order valence-electron chi connectivity index (χ4n) is 7.96. The first-order chi connectivity index (χ1) is 26.3. The number of pyridine rings is 1. The van der Waals surface area contributed by atoms with E-state index in [-0.39, 0.29) is 0 Å². The molecule has 4 heteroatoms. The molecule has 0 spiro atoms. The normalized spacial score (nSPS) is 11.8. The van der Waals surface area contributed by atoms with Gasteiger partial charge in [-0.05, 0) is 62.6 Å². The molecule has 3 heterocycles. The highest BCUT2D eigenvalue weighted by Crippen LogP contribution is 2.43. The van der Waals surface area contributed by atoms with Crippen molar-refractivity contribution < 1.29 is 4.42 Å². The molecule has 8 aromatic carbocycles. The van der Waals surface area contributed by atoms with Crippen molar-refractivity contribution in [3.63, 3.8) is 0 Å². The molecular formula is C49H29N3O. The molecule has 246 valence electrons. The molecule has 0 aliphatic rings. The molecule has 0 atom stereocenters. The number of hydrogen-bond donors (Lipinski definition) is 0. The quantitative estimate of drug-likeness (QED) is 0.174. The topological polar surface area (TPSA) is 51.8 Å². The van der Waals surface area contributed by atoms with Crippen LogP contribution in [0, 0.1) is 0 Å². The molecule has 0 radical (unpaired) electrons. The minimum Gasteiger partial charge on any atom is -0.455 e. The molecule has 0 unspecified atom stereocenters. The molecule has 3 aromatic heterocycles. The van der Waals surface area contributed by atoms with Gasteiger partial charge in [-0.1, -0.05) is 146 Å². The van der Waals surface area contributed by atoms with E-state index in [0.29, 0.717) is 5.82 Å². The van der Waals surface area contributed by atoms with Crippen molar-refractivity contribution in [2.45, 2.75) is 0 Å². The Morgan fingerprint density at radius 1 is 0.340 bits per heavy atom. The second-order valence-electron chi connectivity index (χ2n) is 13.5. The summed E-state index contributed by atoms with van der Waals surface area (Å²) >= 11 is 0. The van der Waals surface area contributed by atoms with Gasteiger partial charge < -0.3 is 4.42 Å². The maximum absolute atomic E-state index is 6.67. The molecule has 4 nitrogen and oxygen atoms in total. The Morgan fingerprint density at radius 2 is 0.849 bits per heavy atom. The van der Waals surface area contributed by atoms with Crippen molar-refractivity contribution in [2.24, 2.45) is 0 Å². The zero-order chi connectivity index (χ0) is 34.9. The maximum atomic E-state index is 6.67. The van der Waals surface area contributed by atoms with E-state index in [2.05, 4.69) is 127 Å². The van der Waals surface area contributed by atoms with Crippen molar-refractivity contribution >= 4 is 65.2 Å². The molecule has 0 amide bonds. The predicted octanol–water partition coefficient (Wildman–Crippen LogP) is 13.1. The van der Waals surface area contributed by atoms with E-state index >= 15 is 0 Å². The number of para-hydroxylation sites is 1. The number of furan rings is 1. The minimum absolute atomic E-state index is 0.643. The van der Waals surface area contributed by atoms with Gasteiger partial charge in [0.1, 0.15) is 11.2 Å². The van der Waals surface area contributed by atoms with E-state index < -0.39 is 0 Å². The summed E-state index contributed by atoms with van der Waals surface area (Å²) in [7, 11) is 0. The van der Waals surface area contributed by atoms with E-state index in [1.807, 2.05) is 48.5 Å². The second kappa shape index (κ2) is 11.7. The standard InChI is InChI=1S/C49H29N3O/c1-3-13-30(14-4-1)42-29-43(31-15-5-2-6-16-31)52-49(51-42)33-24-26-39-44(28-33)50-47(46-40-21-11-12-22-45(40)53-48(39)46)32-23-25-38-36-19-8-7-17-34(36)35-18-9-10-20-37(35)41(38)27-32/h1-29H. The predicted molar refractivity (Wildman–Crippen MR) is 219 cm³/mol. The molecule has 53 heavy (non-hydrogen) atoms. The molecule has 11 rings (SSSR count).